The number of aliphatic hydroxyl groups excluding tert-OH is 1. The van der Waals surface area contributed by atoms with Gasteiger partial charge in [0.2, 0.25) is 6.79 Å². The number of rotatable bonds is 5. The number of thioether (sulfide) groups is 1. The minimum absolute atomic E-state index is 0.0121. The van der Waals surface area contributed by atoms with Crippen LogP contribution in [0.2, 0.25) is 0 Å². The fourth-order valence-electron chi connectivity index (χ4n) is 11.1. The number of nitrogens with one attached hydrogen (secondary N) is 2. The van der Waals surface area contributed by atoms with Crippen LogP contribution in [0, 0.1) is 13.8 Å². The lowest BCUT2D eigenvalue weighted by molar-refractivity contribution is -0.218. The first kappa shape index (κ1) is 38.5. The molecule has 59 heavy (non-hydrogen) atoms. The van der Waals surface area contributed by atoms with Gasteiger partial charge in [0.25, 0.3) is 0 Å². The number of H-pyrrole nitrogens is 1. The van der Waals surface area contributed by atoms with Crippen LogP contribution in [-0.2, 0) is 32.7 Å². The van der Waals surface area contributed by atoms with Crippen LogP contribution in [0.5, 0.6) is 34.5 Å². The van der Waals surface area contributed by atoms with Crippen molar-refractivity contribution in [2.45, 2.75) is 81.2 Å². The van der Waals surface area contributed by atoms with Gasteiger partial charge in [-0.15, -0.1) is 11.8 Å². The van der Waals surface area contributed by atoms with Gasteiger partial charge >= 0.3 is 11.9 Å². The lowest BCUT2D eigenvalue weighted by Crippen LogP contribution is -2.70. The van der Waals surface area contributed by atoms with Crippen molar-refractivity contribution in [3.05, 3.63) is 68.9 Å². The number of hydrogen-bond donors (Lipinski definition) is 5. The molecule has 312 valence electrons. The van der Waals surface area contributed by atoms with Gasteiger partial charge in [-0.1, -0.05) is 13.0 Å². The standard InChI is InChI=1S/C43H48N4O11S/c1-7-46-16-42(52)13-22-10-19(2)35(54-6)34(50)29(22)32(46)33-39-31-30(38-37(56-18-57-38)20(3)36(31)58-21(4)49)28(47(33)42)15-55-41(51)43(17-59-39)40-26(11-23(14-48)45-43)25-12-24(53-5)8-9-27(25)44-40/h8-10,12,23,28,32-33,39,44-45,48,50,52H,7,11,13-18H2,1-6H3/t23-,28+,32+,33-,39-,42?,43-/m1/s1. The summed E-state index contributed by atoms with van der Waals surface area (Å²) in [7, 11) is 3.14. The largest absolute Gasteiger partial charge is 0.504 e. The third-order valence-electron chi connectivity index (χ3n) is 13.4. The topological polar surface area (TPSA) is 185 Å². The highest BCUT2D eigenvalue weighted by Gasteiger charge is 2.64. The summed E-state index contributed by atoms with van der Waals surface area (Å²) in [5.74, 6) is 1.26. The van der Waals surface area contributed by atoms with E-state index in [-0.39, 0.29) is 44.5 Å². The van der Waals surface area contributed by atoms with Crippen LogP contribution >= 0.6 is 11.8 Å². The molecule has 4 bridgehead atoms. The molecule has 2 unspecified atom stereocenters. The number of fused-ring (bicyclic) bond motifs is 8. The Balaban J connectivity index is 1.25. The number of ether oxygens (including phenoxy) is 6. The molecule has 5 N–H and O–H groups in total. The fraction of sp³-hybridized carbons (Fsp3) is 0.488. The van der Waals surface area contributed by atoms with E-state index in [4.69, 9.17) is 28.4 Å². The Hall–Kier alpha value is -4.71. The minimum atomic E-state index is -1.53. The number of benzene rings is 3. The second-order valence-corrected chi connectivity index (χ2v) is 17.7. The van der Waals surface area contributed by atoms with Crippen molar-refractivity contribution in [1.82, 2.24) is 20.1 Å². The van der Waals surface area contributed by atoms with Crippen LogP contribution in [-0.4, -0.2) is 113 Å². The van der Waals surface area contributed by atoms with Gasteiger partial charge in [-0.3, -0.25) is 19.9 Å². The molecule has 1 spiro atoms. The second kappa shape index (κ2) is 13.7. The Morgan fingerprint density at radius 1 is 1.07 bits per heavy atom. The quantitative estimate of drug-likeness (QED) is 0.144. The minimum Gasteiger partial charge on any atom is -0.504 e. The number of aromatic hydroxyl groups is 1. The molecule has 2 saturated heterocycles. The number of carbonyl (C=O) groups excluding carboxylic acids is 2. The first-order chi connectivity index (χ1) is 28.4. The predicted molar refractivity (Wildman–Crippen MR) is 215 cm³/mol. The zero-order chi connectivity index (χ0) is 41.3. The van der Waals surface area contributed by atoms with Gasteiger partial charge in [-0.25, -0.2) is 4.79 Å². The second-order valence-electron chi connectivity index (χ2n) is 16.5. The number of methoxy groups -OCH3 is 2. The molecule has 1 aromatic heterocycles. The number of nitrogens with zero attached hydrogens (tertiary/aromatic N) is 2. The first-order valence-electron chi connectivity index (χ1n) is 20.0. The fourth-order valence-corrected chi connectivity index (χ4v) is 12.8. The Morgan fingerprint density at radius 3 is 2.59 bits per heavy atom. The number of aromatic amines is 1. The zero-order valence-electron chi connectivity index (χ0n) is 33.8. The maximum atomic E-state index is 15.1. The van der Waals surface area contributed by atoms with E-state index in [0.717, 1.165) is 27.6 Å². The molecule has 8 aliphatic rings. The molecule has 15 nitrogen and oxygen atoms in total. The summed E-state index contributed by atoms with van der Waals surface area (Å²) in [4.78, 5) is 36.0. The van der Waals surface area contributed by atoms with Crippen molar-refractivity contribution in [3.8, 4) is 34.5 Å². The molecular formula is C43H48N4O11S. The molecule has 16 heteroatoms. The summed E-state index contributed by atoms with van der Waals surface area (Å²) in [6, 6.07) is 5.26. The normalized spacial score (nSPS) is 30.3. The van der Waals surface area contributed by atoms with Crippen molar-refractivity contribution >= 4 is 34.6 Å². The van der Waals surface area contributed by atoms with Crippen LogP contribution in [0.1, 0.15) is 75.8 Å². The van der Waals surface area contributed by atoms with E-state index < -0.39 is 52.6 Å². The zero-order valence-corrected chi connectivity index (χ0v) is 34.6. The number of aryl methyl sites for hydroxylation is 1. The van der Waals surface area contributed by atoms with Crippen molar-refractivity contribution in [2.24, 2.45) is 0 Å². The molecule has 8 atom stereocenters. The molecular weight excluding hydrogens is 781 g/mol. The van der Waals surface area contributed by atoms with E-state index in [1.54, 1.807) is 7.11 Å². The van der Waals surface area contributed by atoms with E-state index in [0.29, 0.717) is 69.7 Å². The van der Waals surface area contributed by atoms with Crippen LogP contribution in [0.25, 0.3) is 10.9 Å². The third-order valence-corrected chi connectivity index (χ3v) is 14.8. The highest BCUT2D eigenvalue weighted by atomic mass is 32.2. The van der Waals surface area contributed by atoms with Crippen LogP contribution in [0.15, 0.2) is 24.3 Å². The molecule has 0 saturated carbocycles. The number of phenols is 1. The molecule has 0 aliphatic carbocycles. The molecule has 0 amide bonds. The van der Waals surface area contributed by atoms with Crippen LogP contribution < -0.4 is 29.0 Å². The third kappa shape index (κ3) is 5.32. The van der Waals surface area contributed by atoms with Gasteiger partial charge < -0.3 is 48.7 Å². The number of likely N-dealkylation sites (N-methyl/N-ethyl adjacent to an activating group) is 1. The summed E-state index contributed by atoms with van der Waals surface area (Å²) in [5, 5.41) is 40.1. The SMILES string of the molecule is CCN1CC2(O)Cc3cc(C)c(OC)c(O)c3[C@H]1[C@@H]1[C@@H]3SC[C@]4(N[C@@H](CO)Cc5c4[nH]c4ccc(OC)cc54)C(=O)OC[C@@H](c4c5c(c(C)c(OC(C)=O)c43)OCO5)N12. The monoisotopic (exact) mass is 828 g/mol. The predicted octanol–water partition coefficient (Wildman–Crippen LogP) is 3.94. The van der Waals surface area contributed by atoms with Gasteiger partial charge in [0.1, 0.15) is 23.8 Å². The number of esters is 2. The van der Waals surface area contributed by atoms with Crippen molar-refractivity contribution in [3.63, 3.8) is 0 Å². The summed E-state index contributed by atoms with van der Waals surface area (Å²) in [6.07, 6.45) is 0.607. The lowest BCUT2D eigenvalue weighted by Gasteiger charge is -2.61. The first-order valence-corrected chi connectivity index (χ1v) is 21.1. The van der Waals surface area contributed by atoms with Gasteiger partial charge in [-0.2, -0.15) is 0 Å². The molecule has 12 rings (SSSR count). The van der Waals surface area contributed by atoms with E-state index in [1.165, 1.54) is 25.8 Å². The van der Waals surface area contributed by atoms with E-state index in [1.807, 2.05) is 45.0 Å². The molecule has 2 fully saturated rings. The average Bonchev–Trinajstić information content (AvgIpc) is 3.80. The highest BCUT2D eigenvalue weighted by Crippen LogP contribution is 2.65. The summed E-state index contributed by atoms with van der Waals surface area (Å²) >= 11 is 1.47. The number of aliphatic hydroxyl groups is 2. The van der Waals surface area contributed by atoms with Crippen molar-refractivity contribution in [2.75, 3.05) is 53.1 Å². The highest BCUT2D eigenvalue weighted by molar-refractivity contribution is 7.99. The van der Waals surface area contributed by atoms with Crippen LogP contribution in [0.3, 0.4) is 0 Å². The van der Waals surface area contributed by atoms with Crippen LogP contribution in [0.4, 0.5) is 0 Å². The smallest absolute Gasteiger partial charge is 0.333 e. The van der Waals surface area contributed by atoms with E-state index in [2.05, 4.69) is 20.1 Å². The average molecular weight is 829 g/mol. The summed E-state index contributed by atoms with van der Waals surface area (Å²) < 4.78 is 36.5. The Labute approximate surface area is 344 Å². The maximum Gasteiger partial charge on any atom is 0.333 e. The van der Waals surface area contributed by atoms with E-state index in [9.17, 15) is 20.1 Å². The molecule has 9 heterocycles. The van der Waals surface area contributed by atoms with Gasteiger partial charge in [0, 0.05) is 70.9 Å². The van der Waals surface area contributed by atoms with Gasteiger partial charge in [-0.05, 0) is 61.7 Å². The number of hydrogen-bond acceptors (Lipinski definition) is 15. The number of carbonyl (C=O) groups is 2. The van der Waals surface area contributed by atoms with Gasteiger partial charge in [0.05, 0.1) is 43.9 Å². The summed E-state index contributed by atoms with van der Waals surface area (Å²) in [5.41, 5.74) is 3.37. The number of piperazine rings is 1. The van der Waals surface area contributed by atoms with Crippen molar-refractivity contribution < 1.29 is 53.3 Å². The molecule has 8 aliphatic heterocycles. The number of aromatic nitrogens is 1. The maximum absolute atomic E-state index is 15.1. The van der Waals surface area contributed by atoms with Gasteiger partial charge in [0.15, 0.2) is 28.5 Å². The molecule has 0 radical (unpaired) electrons. The number of phenolic OH excluding ortho intramolecular Hbond substituents is 1. The van der Waals surface area contributed by atoms with E-state index >= 15 is 4.79 Å². The Kier molecular flexibility index (Phi) is 8.91. The molecule has 4 aromatic rings. The lowest BCUT2D eigenvalue weighted by atomic mass is 9.78. The molecule has 3 aromatic carbocycles. The summed E-state index contributed by atoms with van der Waals surface area (Å²) in [6.45, 7) is 7.34. The Morgan fingerprint density at radius 2 is 1.86 bits per heavy atom. The van der Waals surface area contributed by atoms with Crippen molar-refractivity contribution in [1.29, 1.82) is 0 Å². The Bertz CT molecular complexity index is 2460.